The van der Waals surface area contributed by atoms with Gasteiger partial charge in [-0.25, -0.2) is 4.79 Å². The molecule has 0 aliphatic heterocycles. The Labute approximate surface area is 143 Å². The summed E-state index contributed by atoms with van der Waals surface area (Å²) in [6.07, 6.45) is 1.76. The molecule has 6 heteroatoms. The third-order valence-electron chi connectivity index (χ3n) is 3.76. The molecule has 122 valence electrons. The van der Waals surface area contributed by atoms with Crippen molar-refractivity contribution in [1.29, 1.82) is 0 Å². The molecule has 2 N–H and O–H groups in total. The van der Waals surface area contributed by atoms with Gasteiger partial charge in [-0.2, -0.15) is 0 Å². The van der Waals surface area contributed by atoms with Gasteiger partial charge in [-0.3, -0.25) is 4.79 Å². The number of amides is 1. The number of fused-ring (bicyclic) bond motifs is 1. The fourth-order valence-electron chi connectivity index (χ4n) is 2.62. The predicted molar refractivity (Wildman–Crippen MR) is 91.9 cm³/mol. The minimum atomic E-state index is -1.10. The lowest BCUT2D eigenvalue weighted by atomic mass is 10.1. The summed E-state index contributed by atoms with van der Waals surface area (Å²) in [5, 5.41) is 13.4. The van der Waals surface area contributed by atoms with E-state index >= 15 is 0 Å². The number of halogens is 1. The molecule has 0 fully saturated rings. The van der Waals surface area contributed by atoms with Crippen LogP contribution in [0, 0.1) is 0 Å². The monoisotopic (exact) mass is 342 g/mol. The summed E-state index contributed by atoms with van der Waals surface area (Å²) in [6.45, 7) is 0.0143. The van der Waals surface area contributed by atoms with Crippen LogP contribution in [0.4, 0.5) is 0 Å². The van der Waals surface area contributed by atoms with Gasteiger partial charge in [0.2, 0.25) is 5.91 Å². The molecular formula is C18H15ClN2O3. The molecule has 0 aliphatic rings. The molecule has 1 atom stereocenters. The van der Waals surface area contributed by atoms with E-state index in [-0.39, 0.29) is 12.5 Å². The Bertz CT molecular complexity index is 890. The van der Waals surface area contributed by atoms with Crippen molar-refractivity contribution in [3.63, 3.8) is 0 Å². The van der Waals surface area contributed by atoms with Crippen molar-refractivity contribution in [2.24, 2.45) is 0 Å². The predicted octanol–water partition coefficient (Wildman–Crippen LogP) is 3.24. The molecule has 2 aromatic carbocycles. The molecular weight excluding hydrogens is 328 g/mol. The zero-order chi connectivity index (χ0) is 17.1. The molecule has 0 saturated heterocycles. The molecule has 0 spiro atoms. The number of carboxylic acids is 1. The van der Waals surface area contributed by atoms with Crippen molar-refractivity contribution in [1.82, 2.24) is 9.88 Å². The first kappa shape index (κ1) is 16.1. The molecule has 0 radical (unpaired) electrons. The van der Waals surface area contributed by atoms with E-state index in [0.29, 0.717) is 10.6 Å². The van der Waals surface area contributed by atoms with Crippen molar-refractivity contribution in [3.05, 3.63) is 71.4 Å². The smallest absolute Gasteiger partial charge is 0.330 e. The maximum atomic E-state index is 12.3. The van der Waals surface area contributed by atoms with Crippen molar-refractivity contribution in [3.8, 4) is 0 Å². The largest absolute Gasteiger partial charge is 0.479 e. The van der Waals surface area contributed by atoms with Crippen LogP contribution in [0.2, 0.25) is 5.02 Å². The van der Waals surface area contributed by atoms with E-state index in [0.717, 1.165) is 10.9 Å². The number of benzene rings is 2. The number of carbonyl (C=O) groups excluding carboxylic acids is 1. The lowest BCUT2D eigenvalue weighted by Crippen LogP contribution is -2.35. The van der Waals surface area contributed by atoms with Gasteiger partial charge in [-0.1, -0.05) is 48.0 Å². The highest BCUT2D eigenvalue weighted by molar-refractivity contribution is 6.35. The first-order chi connectivity index (χ1) is 11.6. The fourth-order valence-corrected chi connectivity index (χ4v) is 2.85. The number of nitrogens with zero attached hydrogens (tertiary/aromatic N) is 1. The Morgan fingerprint density at radius 3 is 2.54 bits per heavy atom. The minimum Gasteiger partial charge on any atom is -0.479 e. The van der Waals surface area contributed by atoms with Crippen LogP contribution in [0.3, 0.4) is 0 Å². The zero-order valence-electron chi connectivity index (χ0n) is 12.6. The molecule has 0 bridgehead atoms. The van der Waals surface area contributed by atoms with Gasteiger partial charge in [0, 0.05) is 22.1 Å². The van der Waals surface area contributed by atoms with Gasteiger partial charge in [0.1, 0.15) is 6.54 Å². The van der Waals surface area contributed by atoms with Crippen molar-refractivity contribution in [2.75, 3.05) is 0 Å². The maximum absolute atomic E-state index is 12.3. The number of carbonyl (C=O) groups is 2. The highest BCUT2D eigenvalue weighted by Gasteiger charge is 2.22. The standard InChI is InChI=1S/C18H15ClN2O3/c19-14-7-4-8-15-13(14)9-10-21(15)11-16(22)20-17(18(23)24)12-5-2-1-3-6-12/h1-10,17H,11H2,(H,20,22)(H,23,24)/t17-/m1/s1. The van der Waals surface area contributed by atoms with Crippen LogP contribution < -0.4 is 5.32 Å². The number of carboxylic acid groups (broad SMARTS) is 1. The number of rotatable bonds is 5. The highest BCUT2D eigenvalue weighted by Crippen LogP contribution is 2.24. The van der Waals surface area contributed by atoms with E-state index in [4.69, 9.17) is 11.6 Å². The summed E-state index contributed by atoms with van der Waals surface area (Å²) >= 11 is 6.12. The second-order valence-electron chi connectivity index (χ2n) is 5.37. The van der Waals surface area contributed by atoms with Crippen LogP contribution in [0.25, 0.3) is 10.9 Å². The molecule has 1 amide bonds. The van der Waals surface area contributed by atoms with Crippen LogP contribution in [0.5, 0.6) is 0 Å². The van der Waals surface area contributed by atoms with E-state index < -0.39 is 12.0 Å². The average Bonchev–Trinajstić information content (AvgIpc) is 2.97. The Kier molecular flexibility index (Phi) is 4.53. The van der Waals surface area contributed by atoms with Crippen LogP contribution in [0.1, 0.15) is 11.6 Å². The number of aliphatic carboxylic acids is 1. The quantitative estimate of drug-likeness (QED) is 0.747. The van der Waals surface area contributed by atoms with Crippen LogP contribution in [-0.4, -0.2) is 21.6 Å². The molecule has 0 aliphatic carbocycles. The molecule has 0 unspecified atom stereocenters. The third kappa shape index (κ3) is 3.26. The minimum absolute atomic E-state index is 0.0143. The third-order valence-corrected chi connectivity index (χ3v) is 4.09. The maximum Gasteiger partial charge on any atom is 0.330 e. The Hall–Kier alpha value is -2.79. The van der Waals surface area contributed by atoms with Gasteiger partial charge >= 0.3 is 5.97 Å². The van der Waals surface area contributed by atoms with Crippen LogP contribution in [0.15, 0.2) is 60.8 Å². The van der Waals surface area contributed by atoms with Crippen LogP contribution in [-0.2, 0) is 16.1 Å². The Morgan fingerprint density at radius 2 is 1.83 bits per heavy atom. The normalized spacial score (nSPS) is 12.0. The van der Waals surface area contributed by atoms with Crippen molar-refractivity contribution in [2.45, 2.75) is 12.6 Å². The van der Waals surface area contributed by atoms with E-state index in [2.05, 4.69) is 5.32 Å². The molecule has 5 nitrogen and oxygen atoms in total. The second kappa shape index (κ2) is 6.76. The van der Waals surface area contributed by atoms with Crippen molar-refractivity contribution < 1.29 is 14.7 Å². The summed E-state index contributed by atoms with van der Waals surface area (Å²) in [7, 11) is 0. The molecule has 0 saturated carbocycles. The number of aromatic nitrogens is 1. The van der Waals surface area contributed by atoms with Gasteiger partial charge in [-0.05, 0) is 23.8 Å². The van der Waals surface area contributed by atoms with Gasteiger partial charge in [0.15, 0.2) is 6.04 Å². The first-order valence-electron chi connectivity index (χ1n) is 7.37. The van der Waals surface area contributed by atoms with E-state index in [1.54, 1.807) is 47.2 Å². The van der Waals surface area contributed by atoms with Crippen LogP contribution >= 0.6 is 11.6 Å². The second-order valence-corrected chi connectivity index (χ2v) is 5.77. The molecule has 3 aromatic rings. The summed E-state index contributed by atoms with van der Waals surface area (Å²) in [5.74, 6) is -1.49. The summed E-state index contributed by atoms with van der Waals surface area (Å²) in [4.78, 5) is 23.8. The lowest BCUT2D eigenvalue weighted by molar-refractivity contribution is -0.142. The Morgan fingerprint density at radius 1 is 1.08 bits per heavy atom. The summed E-state index contributed by atoms with van der Waals surface area (Å²) in [6, 6.07) is 14.8. The summed E-state index contributed by atoms with van der Waals surface area (Å²) in [5.41, 5.74) is 1.35. The number of hydrogen-bond acceptors (Lipinski definition) is 2. The van der Waals surface area contributed by atoms with Gasteiger partial charge in [-0.15, -0.1) is 0 Å². The lowest BCUT2D eigenvalue weighted by Gasteiger charge is -2.15. The van der Waals surface area contributed by atoms with Gasteiger partial charge in [0.05, 0.1) is 0 Å². The molecule has 24 heavy (non-hydrogen) atoms. The average molecular weight is 343 g/mol. The highest BCUT2D eigenvalue weighted by atomic mass is 35.5. The van der Waals surface area contributed by atoms with Gasteiger partial charge < -0.3 is 15.0 Å². The summed E-state index contributed by atoms with van der Waals surface area (Å²) < 4.78 is 1.74. The first-order valence-corrected chi connectivity index (χ1v) is 7.74. The van der Waals surface area contributed by atoms with E-state index in [9.17, 15) is 14.7 Å². The topological polar surface area (TPSA) is 71.3 Å². The zero-order valence-corrected chi connectivity index (χ0v) is 13.4. The van der Waals surface area contributed by atoms with E-state index in [1.807, 2.05) is 18.2 Å². The SMILES string of the molecule is O=C(Cn1ccc2c(Cl)cccc21)N[C@@H](C(=O)O)c1ccccc1. The molecule has 3 rings (SSSR count). The molecule has 1 aromatic heterocycles. The molecule has 1 heterocycles. The van der Waals surface area contributed by atoms with Gasteiger partial charge in [0.25, 0.3) is 0 Å². The van der Waals surface area contributed by atoms with E-state index in [1.165, 1.54) is 0 Å². The fraction of sp³-hybridized carbons (Fsp3) is 0.111. The Balaban J connectivity index is 1.79. The number of hydrogen-bond donors (Lipinski definition) is 2. The van der Waals surface area contributed by atoms with Crippen molar-refractivity contribution >= 4 is 34.4 Å². The number of nitrogens with one attached hydrogen (secondary N) is 1.